The number of benzene rings is 2. The van der Waals surface area contributed by atoms with E-state index in [1.807, 2.05) is 30.3 Å². The van der Waals surface area contributed by atoms with E-state index in [2.05, 4.69) is 15.6 Å². The van der Waals surface area contributed by atoms with Crippen molar-refractivity contribution in [1.29, 1.82) is 0 Å². The van der Waals surface area contributed by atoms with Gasteiger partial charge in [0.2, 0.25) is 0 Å². The van der Waals surface area contributed by atoms with E-state index in [1.54, 1.807) is 31.3 Å². The molecule has 6 nitrogen and oxygen atoms in total. The Morgan fingerprint density at radius 1 is 1.07 bits per heavy atom. The fourth-order valence-electron chi connectivity index (χ4n) is 2.90. The van der Waals surface area contributed by atoms with Crippen LogP contribution in [0.5, 0.6) is 5.75 Å². The fraction of sp³-hybridized carbons (Fsp3) is 0.409. The zero-order valence-electron chi connectivity index (χ0n) is 16.8. The van der Waals surface area contributed by atoms with Gasteiger partial charge in [0.15, 0.2) is 15.8 Å². The van der Waals surface area contributed by atoms with Gasteiger partial charge in [0, 0.05) is 25.7 Å². The van der Waals surface area contributed by atoms with E-state index in [0.717, 1.165) is 17.9 Å². The summed E-state index contributed by atoms with van der Waals surface area (Å²) in [6, 6.07) is 16.5. The quantitative estimate of drug-likeness (QED) is 0.354. The van der Waals surface area contributed by atoms with E-state index >= 15 is 0 Å². The second-order valence-electron chi connectivity index (χ2n) is 7.20. The molecule has 156 valence electrons. The van der Waals surface area contributed by atoms with E-state index in [0.29, 0.717) is 36.3 Å². The normalized spacial score (nSPS) is 14.4. The SMILES string of the molecule is CN=C(NCCCS(=O)(=O)c1ccccc1)NCc1ccccc1OCC1CC1. The minimum Gasteiger partial charge on any atom is -0.493 e. The number of rotatable bonds is 10. The summed E-state index contributed by atoms with van der Waals surface area (Å²) in [7, 11) is -1.55. The predicted octanol–water partition coefficient (Wildman–Crippen LogP) is 3.00. The molecule has 0 spiro atoms. The average molecular weight is 416 g/mol. The zero-order valence-corrected chi connectivity index (χ0v) is 17.6. The molecule has 2 aromatic carbocycles. The third-order valence-electron chi connectivity index (χ3n) is 4.80. The van der Waals surface area contributed by atoms with Crippen LogP contribution in [0.3, 0.4) is 0 Å². The number of hydrogen-bond donors (Lipinski definition) is 2. The molecular weight excluding hydrogens is 386 g/mol. The molecule has 1 fully saturated rings. The van der Waals surface area contributed by atoms with E-state index in [4.69, 9.17) is 4.74 Å². The van der Waals surface area contributed by atoms with Gasteiger partial charge >= 0.3 is 0 Å². The molecular formula is C22H29N3O3S. The van der Waals surface area contributed by atoms with Crippen LogP contribution in [0.2, 0.25) is 0 Å². The monoisotopic (exact) mass is 415 g/mol. The zero-order chi connectivity index (χ0) is 20.5. The van der Waals surface area contributed by atoms with Crippen LogP contribution in [0.1, 0.15) is 24.8 Å². The number of sulfone groups is 1. The van der Waals surface area contributed by atoms with Crippen molar-refractivity contribution in [2.24, 2.45) is 10.9 Å². The highest BCUT2D eigenvalue weighted by molar-refractivity contribution is 7.91. The maximum Gasteiger partial charge on any atom is 0.191 e. The molecule has 0 unspecified atom stereocenters. The van der Waals surface area contributed by atoms with Gasteiger partial charge in [-0.1, -0.05) is 36.4 Å². The van der Waals surface area contributed by atoms with Gasteiger partial charge in [0.05, 0.1) is 17.3 Å². The molecule has 0 amide bonds. The first-order valence-corrected chi connectivity index (χ1v) is 11.7. The van der Waals surface area contributed by atoms with Crippen LogP contribution in [0.25, 0.3) is 0 Å². The standard InChI is InChI=1S/C22H29N3O3S/c1-23-22(24-14-7-15-29(26,27)20-9-3-2-4-10-20)25-16-19-8-5-6-11-21(19)28-17-18-12-13-18/h2-6,8-11,18H,7,12-17H2,1H3,(H2,23,24,25). The Kier molecular flexibility index (Phi) is 7.52. The van der Waals surface area contributed by atoms with Crippen molar-refractivity contribution in [3.05, 3.63) is 60.2 Å². The number of nitrogens with zero attached hydrogens (tertiary/aromatic N) is 1. The van der Waals surface area contributed by atoms with E-state index in [9.17, 15) is 8.42 Å². The molecule has 1 saturated carbocycles. The first-order chi connectivity index (χ1) is 14.1. The van der Waals surface area contributed by atoms with Crippen LogP contribution >= 0.6 is 0 Å². The van der Waals surface area contributed by atoms with Crippen LogP contribution in [0.4, 0.5) is 0 Å². The van der Waals surface area contributed by atoms with Crippen molar-refractivity contribution in [2.45, 2.75) is 30.7 Å². The number of para-hydroxylation sites is 1. The maximum absolute atomic E-state index is 12.3. The fourth-order valence-corrected chi connectivity index (χ4v) is 4.23. The minimum atomic E-state index is -3.25. The summed E-state index contributed by atoms with van der Waals surface area (Å²) < 4.78 is 30.6. The predicted molar refractivity (Wildman–Crippen MR) is 116 cm³/mol. The van der Waals surface area contributed by atoms with Crippen LogP contribution in [-0.2, 0) is 16.4 Å². The number of ether oxygens (including phenoxy) is 1. The molecule has 0 bridgehead atoms. The Hall–Kier alpha value is -2.54. The largest absolute Gasteiger partial charge is 0.493 e. The molecule has 2 aromatic rings. The lowest BCUT2D eigenvalue weighted by Gasteiger charge is -2.15. The van der Waals surface area contributed by atoms with Crippen molar-refractivity contribution in [1.82, 2.24) is 10.6 Å². The summed E-state index contributed by atoms with van der Waals surface area (Å²) in [5.74, 6) is 2.34. The van der Waals surface area contributed by atoms with Gasteiger partial charge in [-0.3, -0.25) is 4.99 Å². The first kappa shape index (κ1) is 21.2. The Balaban J connectivity index is 1.43. The molecule has 3 rings (SSSR count). The molecule has 0 heterocycles. The summed E-state index contributed by atoms with van der Waals surface area (Å²) in [6.07, 6.45) is 3.02. The van der Waals surface area contributed by atoms with Crippen molar-refractivity contribution < 1.29 is 13.2 Å². The minimum absolute atomic E-state index is 0.0961. The molecule has 29 heavy (non-hydrogen) atoms. The summed E-state index contributed by atoms with van der Waals surface area (Å²) in [4.78, 5) is 4.58. The summed E-state index contributed by atoms with van der Waals surface area (Å²) in [5.41, 5.74) is 1.07. The third kappa shape index (κ3) is 6.78. The van der Waals surface area contributed by atoms with Crippen molar-refractivity contribution in [3.8, 4) is 5.75 Å². The molecule has 2 N–H and O–H groups in total. The Bertz CT molecular complexity index is 910. The Morgan fingerprint density at radius 3 is 2.52 bits per heavy atom. The smallest absolute Gasteiger partial charge is 0.191 e. The summed E-state index contributed by atoms with van der Waals surface area (Å²) >= 11 is 0. The van der Waals surface area contributed by atoms with Gasteiger partial charge in [-0.25, -0.2) is 8.42 Å². The van der Waals surface area contributed by atoms with Crippen LogP contribution < -0.4 is 15.4 Å². The molecule has 0 aromatic heterocycles. The van der Waals surface area contributed by atoms with Gasteiger partial charge in [-0.2, -0.15) is 0 Å². The van der Waals surface area contributed by atoms with E-state index < -0.39 is 9.84 Å². The second kappa shape index (κ2) is 10.3. The van der Waals surface area contributed by atoms with Gasteiger partial charge in [0.1, 0.15) is 5.75 Å². The molecule has 1 aliphatic rings. The van der Waals surface area contributed by atoms with Gasteiger partial charge in [0.25, 0.3) is 0 Å². The maximum atomic E-state index is 12.3. The number of nitrogens with one attached hydrogen (secondary N) is 2. The van der Waals surface area contributed by atoms with Crippen LogP contribution in [0.15, 0.2) is 64.5 Å². The summed E-state index contributed by atoms with van der Waals surface area (Å²) in [5, 5.41) is 6.45. The lowest BCUT2D eigenvalue weighted by atomic mass is 10.2. The second-order valence-corrected chi connectivity index (χ2v) is 9.31. The van der Waals surface area contributed by atoms with Crippen LogP contribution in [0, 0.1) is 5.92 Å². The van der Waals surface area contributed by atoms with Crippen molar-refractivity contribution in [3.63, 3.8) is 0 Å². The van der Waals surface area contributed by atoms with E-state index in [1.165, 1.54) is 12.8 Å². The molecule has 0 atom stereocenters. The molecule has 1 aliphatic carbocycles. The number of guanidine groups is 1. The average Bonchev–Trinajstić information content (AvgIpc) is 3.57. The van der Waals surface area contributed by atoms with E-state index in [-0.39, 0.29) is 5.75 Å². The summed E-state index contributed by atoms with van der Waals surface area (Å²) in [6.45, 7) is 1.88. The third-order valence-corrected chi connectivity index (χ3v) is 6.62. The first-order valence-electron chi connectivity index (χ1n) is 10.0. The van der Waals surface area contributed by atoms with Crippen molar-refractivity contribution >= 4 is 15.8 Å². The van der Waals surface area contributed by atoms with Gasteiger partial charge in [-0.15, -0.1) is 0 Å². The highest BCUT2D eigenvalue weighted by Crippen LogP contribution is 2.30. The number of hydrogen-bond acceptors (Lipinski definition) is 4. The molecule has 0 saturated heterocycles. The van der Waals surface area contributed by atoms with Crippen LogP contribution in [-0.4, -0.2) is 40.3 Å². The Morgan fingerprint density at radius 2 is 1.79 bits per heavy atom. The molecule has 0 aliphatic heterocycles. The molecule has 7 heteroatoms. The number of aliphatic imine (C=N–C) groups is 1. The van der Waals surface area contributed by atoms with Crippen molar-refractivity contribution in [2.75, 3.05) is 26.0 Å². The molecule has 0 radical (unpaired) electrons. The van der Waals surface area contributed by atoms with Gasteiger partial charge in [-0.05, 0) is 43.4 Å². The lowest BCUT2D eigenvalue weighted by molar-refractivity contribution is 0.296. The highest BCUT2D eigenvalue weighted by atomic mass is 32.2. The Labute approximate surface area is 173 Å². The van der Waals surface area contributed by atoms with Gasteiger partial charge < -0.3 is 15.4 Å². The highest BCUT2D eigenvalue weighted by Gasteiger charge is 2.22. The lowest BCUT2D eigenvalue weighted by Crippen LogP contribution is -2.37. The topological polar surface area (TPSA) is 79.8 Å².